The Hall–Kier alpha value is -3.14. The topological polar surface area (TPSA) is 87.2 Å². The van der Waals surface area contributed by atoms with Crippen molar-refractivity contribution in [2.24, 2.45) is 0 Å². The van der Waals surface area contributed by atoms with E-state index in [4.69, 9.17) is 4.74 Å². The van der Waals surface area contributed by atoms with Crippen molar-refractivity contribution in [3.8, 4) is 5.75 Å². The van der Waals surface area contributed by atoms with E-state index in [0.717, 1.165) is 22.8 Å². The SMILES string of the molecule is CCOc1ccc(S(=O)(=O)N(CC(=O)N2CCN(C=O)CC2)c2ccc(F)cc2)cc1. The molecule has 3 rings (SSSR count). The standard InChI is InChI=1S/C21H24FN3O5S/c1-2-30-19-7-9-20(10-8-19)31(28,29)25(18-5-3-17(22)4-6-18)15-21(27)24-13-11-23(16-26)12-14-24/h3-10,16H,2,11-15H2,1H3. The number of sulfonamides is 1. The molecule has 166 valence electrons. The maximum atomic E-state index is 13.4. The molecular formula is C21H24FN3O5S. The van der Waals surface area contributed by atoms with E-state index in [1.807, 2.05) is 6.92 Å². The summed E-state index contributed by atoms with van der Waals surface area (Å²) in [6.45, 7) is 3.23. The monoisotopic (exact) mass is 449 g/mol. The van der Waals surface area contributed by atoms with Gasteiger partial charge in [-0.1, -0.05) is 0 Å². The Morgan fingerprint density at radius 3 is 2.23 bits per heavy atom. The van der Waals surface area contributed by atoms with Crippen molar-refractivity contribution in [2.75, 3.05) is 43.6 Å². The van der Waals surface area contributed by atoms with Crippen LogP contribution in [0.2, 0.25) is 0 Å². The third kappa shape index (κ3) is 5.32. The van der Waals surface area contributed by atoms with Crippen LogP contribution in [0, 0.1) is 5.82 Å². The minimum atomic E-state index is -4.11. The Balaban J connectivity index is 1.88. The summed E-state index contributed by atoms with van der Waals surface area (Å²) >= 11 is 0. The molecule has 10 heteroatoms. The smallest absolute Gasteiger partial charge is 0.264 e. The van der Waals surface area contributed by atoms with Gasteiger partial charge in [-0.15, -0.1) is 0 Å². The van der Waals surface area contributed by atoms with Crippen molar-refractivity contribution >= 4 is 28.0 Å². The summed E-state index contributed by atoms with van der Waals surface area (Å²) in [6.07, 6.45) is 0.725. The van der Waals surface area contributed by atoms with Crippen molar-refractivity contribution in [3.63, 3.8) is 0 Å². The Kier molecular flexibility index (Phi) is 7.11. The van der Waals surface area contributed by atoms with Gasteiger partial charge in [0.2, 0.25) is 12.3 Å². The molecule has 8 nitrogen and oxygen atoms in total. The maximum Gasteiger partial charge on any atom is 0.264 e. The van der Waals surface area contributed by atoms with Crippen LogP contribution in [-0.2, 0) is 19.6 Å². The van der Waals surface area contributed by atoms with Crippen molar-refractivity contribution in [1.82, 2.24) is 9.80 Å². The van der Waals surface area contributed by atoms with E-state index >= 15 is 0 Å². The van der Waals surface area contributed by atoms with Crippen LogP contribution in [0.5, 0.6) is 5.75 Å². The van der Waals surface area contributed by atoms with Gasteiger partial charge in [-0.3, -0.25) is 13.9 Å². The molecule has 31 heavy (non-hydrogen) atoms. The molecule has 0 bridgehead atoms. The summed E-state index contributed by atoms with van der Waals surface area (Å²) in [6, 6.07) is 10.8. The van der Waals surface area contributed by atoms with Gasteiger partial charge in [0.25, 0.3) is 10.0 Å². The molecule has 2 aromatic rings. The quantitative estimate of drug-likeness (QED) is 0.573. The number of hydrogen-bond donors (Lipinski definition) is 0. The van der Waals surface area contributed by atoms with Crippen molar-refractivity contribution in [2.45, 2.75) is 11.8 Å². The van der Waals surface area contributed by atoms with Crippen LogP contribution < -0.4 is 9.04 Å². The number of benzene rings is 2. The number of halogens is 1. The fourth-order valence-corrected chi connectivity index (χ4v) is 4.64. The molecule has 0 aromatic heterocycles. The third-order valence-corrected chi connectivity index (χ3v) is 6.72. The number of anilines is 1. The predicted molar refractivity (Wildman–Crippen MR) is 113 cm³/mol. The largest absolute Gasteiger partial charge is 0.494 e. The van der Waals surface area contributed by atoms with E-state index < -0.39 is 28.3 Å². The lowest BCUT2D eigenvalue weighted by Gasteiger charge is -2.34. The zero-order chi connectivity index (χ0) is 22.4. The molecule has 0 radical (unpaired) electrons. The first-order valence-electron chi connectivity index (χ1n) is 9.83. The molecule has 0 N–H and O–H groups in total. The van der Waals surface area contributed by atoms with Gasteiger partial charge < -0.3 is 14.5 Å². The predicted octanol–water partition coefficient (Wildman–Crippen LogP) is 1.72. The molecule has 0 unspecified atom stereocenters. The molecule has 2 aromatic carbocycles. The molecule has 1 heterocycles. The summed E-state index contributed by atoms with van der Waals surface area (Å²) < 4.78 is 46.5. The van der Waals surface area contributed by atoms with E-state index in [9.17, 15) is 22.4 Å². The van der Waals surface area contributed by atoms with Gasteiger partial charge in [0.15, 0.2) is 0 Å². The van der Waals surface area contributed by atoms with Gasteiger partial charge in [-0.25, -0.2) is 12.8 Å². The Morgan fingerprint density at radius 1 is 1.06 bits per heavy atom. The highest BCUT2D eigenvalue weighted by Gasteiger charge is 2.30. The van der Waals surface area contributed by atoms with E-state index in [1.165, 1.54) is 29.2 Å². The zero-order valence-electron chi connectivity index (χ0n) is 17.1. The number of piperazine rings is 1. The second-order valence-electron chi connectivity index (χ2n) is 6.91. The molecule has 1 aliphatic heterocycles. The first-order valence-corrected chi connectivity index (χ1v) is 11.3. The highest BCUT2D eigenvalue weighted by Crippen LogP contribution is 2.26. The van der Waals surface area contributed by atoms with Crippen molar-refractivity contribution < 1.29 is 27.1 Å². The van der Waals surface area contributed by atoms with Crippen molar-refractivity contribution in [1.29, 1.82) is 0 Å². The van der Waals surface area contributed by atoms with Gasteiger partial charge >= 0.3 is 0 Å². The van der Waals surface area contributed by atoms with Crippen LogP contribution in [-0.4, -0.2) is 69.9 Å². The van der Waals surface area contributed by atoms with Crippen LogP contribution in [0.3, 0.4) is 0 Å². The molecule has 0 aliphatic carbocycles. The van der Waals surface area contributed by atoms with Crippen LogP contribution in [0.25, 0.3) is 0 Å². The molecule has 1 saturated heterocycles. The molecule has 0 saturated carbocycles. The average molecular weight is 450 g/mol. The van der Waals surface area contributed by atoms with Gasteiger partial charge in [0, 0.05) is 26.2 Å². The number of nitrogens with zero attached hydrogens (tertiary/aromatic N) is 3. The first kappa shape index (κ1) is 22.5. The van der Waals surface area contributed by atoms with Crippen LogP contribution in [0.15, 0.2) is 53.4 Å². The average Bonchev–Trinajstić information content (AvgIpc) is 2.78. The van der Waals surface area contributed by atoms with E-state index in [0.29, 0.717) is 38.5 Å². The Labute approximate surface area is 180 Å². The van der Waals surface area contributed by atoms with Crippen LogP contribution in [0.1, 0.15) is 6.92 Å². The number of amides is 2. The Morgan fingerprint density at radius 2 is 1.68 bits per heavy atom. The lowest BCUT2D eigenvalue weighted by molar-refractivity contribution is -0.133. The minimum Gasteiger partial charge on any atom is -0.494 e. The fourth-order valence-electron chi connectivity index (χ4n) is 3.22. The minimum absolute atomic E-state index is 0.0150. The summed E-state index contributed by atoms with van der Waals surface area (Å²) in [4.78, 5) is 26.8. The summed E-state index contributed by atoms with van der Waals surface area (Å²) in [5.41, 5.74) is 0.176. The summed E-state index contributed by atoms with van der Waals surface area (Å²) in [5, 5.41) is 0. The molecule has 1 aliphatic rings. The summed E-state index contributed by atoms with van der Waals surface area (Å²) in [7, 11) is -4.11. The van der Waals surface area contributed by atoms with Gasteiger partial charge in [-0.2, -0.15) is 0 Å². The highest BCUT2D eigenvalue weighted by molar-refractivity contribution is 7.92. The molecule has 0 atom stereocenters. The summed E-state index contributed by atoms with van der Waals surface area (Å²) in [5.74, 6) is -0.387. The van der Waals surface area contributed by atoms with Gasteiger partial charge in [-0.05, 0) is 55.5 Å². The van der Waals surface area contributed by atoms with Crippen LogP contribution in [0.4, 0.5) is 10.1 Å². The fraction of sp³-hybridized carbons (Fsp3) is 0.333. The lowest BCUT2D eigenvalue weighted by Crippen LogP contribution is -2.51. The molecule has 1 fully saturated rings. The number of rotatable bonds is 8. The number of hydrogen-bond acceptors (Lipinski definition) is 5. The van der Waals surface area contributed by atoms with Gasteiger partial charge in [0.1, 0.15) is 18.1 Å². The van der Waals surface area contributed by atoms with E-state index in [2.05, 4.69) is 0 Å². The molecular weight excluding hydrogens is 425 g/mol. The van der Waals surface area contributed by atoms with Gasteiger partial charge in [0.05, 0.1) is 17.2 Å². The highest BCUT2D eigenvalue weighted by atomic mass is 32.2. The van der Waals surface area contributed by atoms with Crippen molar-refractivity contribution in [3.05, 3.63) is 54.3 Å². The molecule has 0 spiro atoms. The number of carbonyl (C=O) groups excluding carboxylic acids is 2. The van der Waals surface area contributed by atoms with E-state index in [1.54, 1.807) is 17.0 Å². The normalized spacial score (nSPS) is 14.3. The second-order valence-corrected chi connectivity index (χ2v) is 8.78. The maximum absolute atomic E-state index is 13.4. The first-order chi connectivity index (χ1) is 14.8. The number of carbonyl (C=O) groups is 2. The lowest BCUT2D eigenvalue weighted by atomic mass is 10.3. The third-order valence-electron chi connectivity index (χ3n) is 4.93. The molecule has 2 amide bonds. The zero-order valence-corrected chi connectivity index (χ0v) is 17.9. The van der Waals surface area contributed by atoms with Crippen LogP contribution >= 0.6 is 0 Å². The Bertz CT molecular complexity index is 1000. The van der Waals surface area contributed by atoms with E-state index in [-0.39, 0.29) is 10.6 Å². The second kappa shape index (κ2) is 9.78. The number of ether oxygens (including phenoxy) is 1.